The van der Waals surface area contributed by atoms with Crippen LogP contribution in [0.1, 0.15) is 32.6 Å². The first-order valence-electron chi connectivity index (χ1n) is 7.87. The molecule has 118 valence electrons. The lowest BCUT2D eigenvalue weighted by molar-refractivity contribution is -0.127. The number of ether oxygens (including phenoxy) is 2. The van der Waals surface area contributed by atoms with E-state index in [0.29, 0.717) is 12.6 Å². The van der Waals surface area contributed by atoms with E-state index in [-0.39, 0.29) is 11.8 Å². The minimum absolute atomic E-state index is 0.0365. The van der Waals surface area contributed by atoms with E-state index in [1.807, 2.05) is 0 Å². The van der Waals surface area contributed by atoms with Crippen molar-refractivity contribution in [2.75, 3.05) is 46.9 Å². The summed E-state index contributed by atoms with van der Waals surface area (Å²) in [7, 11) is 3.39. The summed E-state index contributed by atoms with van der Waals surface area (Å²) in [5.74, 6) is 0. The summed E-state index contributed by atoms with van der Waals surface area (Å²) in [6, 6.07) is 0.715. The molecule has 2 unspecified atom stereocenters. The molecule has 0 aliphatic carbocycles. The summed E-state index contributed by atoms with van der Waals surface area (Å²) in [6.45, 7) is 7.70. The summed E-state index contributed by atoms with van der Waals surface area (Å²) in [4.78, 5) is 5.20. The molecule has 5 nitrogen and oxygen atoms in total. The smallest absolute Gasteiger partial charge is 0.158 e. The number of hydrogen-bond donors (Lipinski definition) is 1. The van der Waals surface area contributed by atoms with Crippen LogP contribution in [0.5, 0.6) is 0 Å². The van der Waals surface area contributed by atoms with Crippen molar-refractivity contribution in [1.82, 2.24) is 9.80 Å². The first kappa shape index (κ1) is 16.2. The normalized spacial score (nSPS) is 28.4. The number of likely N-dealkylation sites (tertiary alicyclic amines) is 2. The Bertz CT molecular complexity index is 293. The molecule has 2 rings (SSSR count). The fourth-order valence-electron chi connectivity index (χ4n) is 3.60. The predicted octanol–water partition coefficient (Wildman–Crippen LogP) is 0.883. The first-order valence-corrected chi connectivity index (χ1v) is 7.87. The molecule has 0 radical (unpaired) electrons. The van der Waals surface area contributed by atoms with Gasteiger partial charge in [0.25, 0.3) is 0 Å². The van der Waals surface area contributed by atoms with E-state index >= 15 is 0 Å². The Kier molecular flexibility index (Phi) is 5.81. The van der Waals surface area contributed by atoms with Gasteiger partial charge in [0.15, 0.2) is 6.29 Å². The molecule has 2 saturated heterocycles. The van der Waals surface area contributed by atoms with Crippen LogP contribution in [0.3, 0.4) is 0 Å². The number of methoxy groups -OCH3 is 2. The second kappa shape index (κ2) is 7.18. The van der Waals surface area contributed by atoms with Crippen molar-refractivity contribution in [1.29, 1.82) is 0 Å². The summed E-state index contributed by atoms with van der Waals surface area (Å²) in [5, 5.41) is 0. The maximum atomic E-state index is 6.08. The molecule has 2 aliphatic rings. The molecule has 2 atom stereocenters. The van der Waals surface area contributed by atoms with Crippen molar-refractivity contribution in [2.45, 2.75) is 50.5 Å². The van der Waals surface area contributed by atoms with Gasteiger partial charge in [-0.15, -0.1) is 0 Å². The van der Waals surface area contributed by atoms with Crippen LogP contribution >= 0.6 is 0 Å². The fraction of sp³-hybridized carbons (Fsp3) is 1.00. The SMILES string of the molecule is COC(CC(C)(CN)N1CCC(N2CCCC2)C1)OC. The first-order chi connectivity index (χ1) is 9.62. The molecule has 2 fully saturated rings. The average Bonchev–Trinajstić information content (AvgIpc) is 3.14. The van der Waals surface area contributed by atoms with Gasteiger partial charge >= 0.3 is 0 Å². The predicted molar refractivity (Wildman–Crippen MR) is 80.7 cm³/mol. The highest BCUT2D eigenvalue weighted by Crippen LogP contribution is 2.29. The van der Waals surface area contributed by atoms with Crippen molar-refractivity contribution in [3.05, 3.63) is 0 Å². The van der Waals surface area contributed by atoms with Gasteiger partial charge in [0.2, 0.25) is 0 Å². The Morgan fingerprint density at radius 3 is 2.40 bits per heavy atom. The van der Waals surface area contributed by atoms with Crippen LogP contribution in [-0.2, 0) is 9.47 Å². The molecule has 0 spiro atoms. The monoisotopic (exact) mass is 285 g/mol. The Balaban J connectivity index is 1.93. The van der Waals surface area contributed by atoms with Crippen molar-refractivity contribution in [3.8, 4) is 0 Å². The minimum Gasteiger partial charge on any atom is -0.356 e. The molecular weight excluding hydrogens is 254 g/mol. The Morgan fingerprint density at radius 2 is 1.85 bits per heavy atom. The second-order valence-electron chi connectivity index (χ2n) is 6.44. The van der Waals surface area contributed by atoms with Crippen LogP contribution in [0.15, 0.2) is 0 Å². The zero-order valence-electron chi connectivity index (χ0n) is 13.3. The van der Waals surface area contributed by atoms with Gasteiger partial charge in [-0.3, -0.25) is 9.80 Å². The van der Waals surface area contributed by atoms with Gasteiger partial charge in [-0.1, -0.05) is 0 Å². The molecule has 0 saturated carbocycles. The minimum atomic E-state index is -0.172. The van der Waals surface area contributed by atoms with E-state index < -0.39 is 0 Å². The molecule has 0 amide bonds. The number of hydrogen-bond acceptors (Lipinski definition) is 5. The topological polar surface area (TPSA) is 51.0 Å². The molecule has 0 bridgehead atoms. The number of nitrogens with zero attached hydrogens (tertiary/aromatic N) is 2. The van der Waals surface area contributed by atoms with Crippen molar-refractivity contribution in [3.63, 3.8) is 0 Å². The van der Waals surface area contributed by atoms with E-state index in [4.69, 9.17) is 15.2 Å². The average molecular weight is 285 g/mol. The van der Waals surface area contributed by atoms with Gasteiger partial charge < -0.3 is 15.2 Å². The van der Waals surface area contributed by atoms with Crippen LogP contribution in [0, 0.1) is 0 Å². The molecule has 2 N–H and O–H groups in total. The van der Waals surface area contributed by atoms with Gasteiger partial charge in [0.1, 0.15) is 0 Å². The Hall–Kier alpha value is -0.200. The molecule has 2 heterocycles. The Morgan fingerprint density at radius 1 is 1.20 bits per heavy atom. The van der Waals surface area contributed by atoms with Crippen LogP contribution in [0.4, 0.5) is 0 Å². The van der Waals surface area contributed by atoms with Crippen LogP contribution in [-0.4, -0.2) is 74.6 Å². The summed E-state index contributed by atoms with van der Waals surface area (Å²) >= 11 is 0. The molecule has 0 aromatic carbocycles. The Labute approximate surface area is 123 Å². The van der Waals surface area contributed by atoms with Crippen molar-refractivity contribution < 1.29 is 9.47 Å². The zero-order valence-corrected chi connectivity index (χ0v) is 13.3. The standard InChI is InChI=1S/C15H31N3O2/c1-15(12-16,10-14(19-2)20-3)18-9-6-13(11-18)17-7-4-5-8-17/h13-14H,4-12,16H2,1-3H3. The fourth-order valence-corrected chi connectivity index (χ4v) is 3.60. The maximum absolute atomic E-state index is 6.08. The number of nitrogens with two attached hydrogens (primary N) is 1. The van der Waals surface area contributed by atoms with Crippen molar-refractivity contribution in [2.24, 2.45) is 5.73 Å². The highest BCUT2D eigenvalue weighted by Gasteiger charge is 2.39. The lowest BCUT2D eigenvalue weighted by Gasteiger charge is -2.40. The van der Waals surface area contributed by atoms with Gasteiger partial charge in [-0.05, 0) is 39.3 Å². The van der Waals surface area contributed by atoms with Gasteiger partial charge in [0.05, 0.1) is 0 Å². The van der Waals surface area contributed by atoms with Gasteiger partial charge in [-0.25, -0.2) is 0 Å². The van der Waals surface area contributed by atoms with Gasteiger partial charge in [0, 0.05) is 51.9 Å². The molecule has 0 aromatic rings. The number of rotatable bonds is 7. The summed E-state index contributed by atoms with van der Waals surface area (Å²) in [5.41, 5.74) is 6.04. The molecule has 20 heavy (non-hydrogen) atoms. The van der Waals surface area contributed by atoms with Crippen LogP contribution in [0.2, 0.25) is 0 Å². The third-order valence-electron chi connectivity index (χ3n) is 5.16. The molecule has 0 aromatic heterocycles. The third-order valence-corrected chi connectivity index (χ3v) is 5.16. The second-order valence-corrected chi connectivity index (χ2v) is 6.44. The van der Waals surface area contributed by atoms with Gasteiger partial charge in [-0.2, -0.15) is 0 Å². The van der Waals surface area contributed by atoms with Crippen LogP contribution < -0.4 is 5.73 Å². The molecule has 5 heteroatoms. The largest absolute Gasteiger partial charge is 0.356 e. The summed E-state index contributed by atoms with van der Waals surface area (Å²) < 4.78 is 10.7. The van der Waals surface area contributed by atoms with E-state index in [0.717, 1.165) is 19.5 Å². The zero-order chi connectivity index (χ0) is 14.6. The lowest BCUT2D eigenvalue weighted by atomic mass is 9.95. The highest BCUT2D eigenvalue weighted by molar-refractivity contribution is 4.96. The maximum Gasteiger partial charge on any atom is 0.158 e. The summed E-state index contributed by atoms with van der Waals surface area (Å²) in [6.07, 6.45) is 4.64. The van der Waals surface area contributed by atoms with Crippen LogP contribution in [0.25, 0.3) is 0 Å². The van der Waals surface area contributed by atoms with E-state index in [1.165, 1.54) is 32.4 Å². The van der Waals surface area contributed by atoms with Crippen molar-refractivity contribution >= 4 is 0 Å². The lowest BCUT2D eigenvalue weighted by Crippen LogP contribution is -2.53. The quantitative estimate of drug-likeness (QED) is 0.704. The molecular formula is C15H31N3O2. The highest BCUT2D eigenvalue weighted by atomic mass is 16.7. The third kappa shape index (κ3) is 3.52. The molecule has 2 aliphatic heterocycles. The van der Waals surface area contributed by atoms with E-state index in [1.54, 1.807) is 14.2 Å². The van der Waals surface area contributed by atoms with E-state index in [2.05, 4.69) is 16.7 Å². The van der Waals surface area contributed by atoms with E-state index in [9.17, 15) is 0 Å².